The van der Waals surface area contributed by atoms with Gasteiger partial charge in [0.2, 0.25) is 5.91 Å². The molecule has 0 rings (SSSR count). The number of ether oxygens (including phenoxy) is 1. The number of aliphatic hydroxyl groups excluding tert-OH is 2. The lowest BCUT2D eigenvalue weighted by atomic mass is 10.0. The van der Waals surface area contributed by atoms with Crippen LogP contribution in [0.5, 0.6) is 0 Å². The van der Waals surface area contributed by atoms with Crippen molar-refractivity contribution in [3.63, 3.8) is 0 Å². The minimum absolute atomic E-state index is 0.0148. The molecule has 0 aromatic rings. The Balaban J connectivity index is 3.29. The molecular weight excluding hydrogens is 1050 g/mol. The van der Waals surface area contributed by atoms with Crippen LogP contribution < -0.4 is 5.32 Å². The maximum Gasteiger partial charge on any atom is 0.305 e. The maximum atomic E-state index is 12.5. The molecule has 0 bridgehead atoms. The molecule has 6 nitrogen and oxygen atoms in total. The Bertz CT molecular complexity index is 1300. The third-order valence-corrected chi connectivity index (χ3v) is 19.1. The standard InChI is InChI=1S/C80H157NO5/c1-3-5-7-9-11-13-15-17-18-19-43-46-49-52-56-60-64-68-72-78(83)77(76-82)81-79(84)73-69-65-61-57-53-50-47-44-41-39-37-35-33-31-29-27-25-23-21-20-22-24-26-28-30-32-34-36-38-40-42-45-48-51-55-59-63-67-71-75-86-80(85)74-70-66-62-58-54-16-14-12-10-8-6-4-2/h12,14,77-78,82-83H,3-11,13,15-76H2,1-2H3,(H,81,84)/b14-12-. The molecule has 6 heteroatoms. The Morgan fingerprint density at radius 2 is 0.547 bits per heavy atom. The number of aliphatic hydroxyl groups is 2. The predicted molar refractivity (Wildman–Crippen MR) is 380 cm³/mol. The van der Waals surface area contributed by atoms with Gasteiger partial charge in [-0.1, -0.05) is 411 Å². The van der Waals surface area contributed by atoms with E-state index >= 15 is 0 Å². The van der Waals surface area contributed by atoms with Crippen LogP contribution >= 0.6 is 0 Å². The van der Waals surface area contributed by atoms with Crippen molar-refractivity contribution in [3.8, 4) is 0 Å². The lowest BCUT2D eigenvalue weighted by molar-refractivity contribution is -0.143. The summed E-state index contributed by atoms with van der Waals surface area (Å²) in [5.74, 6) is -0.00899. The molecule has 0 spiro atoms. The molecule has 2 unspecified atom stereocenters. The Morgan fingerprint density at radius 1 is 0.314 bits per heavy atom. The molecule has 512 valence electrons. The van der Waals surface area contributed by atoms with E-state index < -0.39 is 12.1 Å². The average Bonchev–Trinajstić information content (AvgIpc) is 3.53. The zero-order valence-corrected chi connectivity index (χ0v) is 58.8. The lowest BCUT2D eigenvalue weighted by Gasteiger charge is -2.22. The van der Waals surface area contributed by atoms with E-state index in [1.165, 1.54) is 385 Å². The number of unbranched alkanes of at least 4 members (excludes halogenated alkanes) is 63. The Kier molecular flexibility index (Phi) is 74.8. The minimum Gasteiger partial charge on any atom is -0.466 e. The van der Waals surface area contributed by atoms with Crippen LogP contribution in [-0.2, 0) is 14.3 Å². The molecule has 0 saturated heterocycles. The van der Waals surface area contributed by atoms with Crippen molar-refractivity contribution in [1.29, 1.82) is 0 Å². The zero-order valence-electron chi connectivity index (χ0n) is 58.8. The second-order valence-electron chi connectivity index (χ2n) is 27.8. The van der Waals surface area contributed by atoms with Crippen molar-refractivity contribution >= 4 is 11.9 Å². The highest BCUT2D eigenvalue weighted by Crippen LogP contribution is 2.20. The summed E-state index contributed by atoms with van der Waals surface area (Å²) in [6, 6.07) is -0.536. The van der Waals surface area contributed by atoms with E-state index in [1.54, 1.807) is 0 Å². The first-order valence-corrected chi connectivity index (χ1v) is 39.9. The fourth-order valence-electron chi connectivity index (χ4n) is 13.0. The van der Waals surface area contributed by atoms with Gasteiger partial charge in [0.05, 0.1) is 25.4 Å². The highest BCUT2D eigenvalue weighted by atomic mass is 16.5. The number of hydrogen-bond acceptors (Lipinski definition) is 5. The van der Waals surface area contributed by atoms with Gasteiger partial charge >= 0.3 is 5.97 Å². The van der Waals surface area contributed by atoms with Crippen LogP contribution in [0.2, 0.25) is 0 Å². The van der Waals surface area contributed by atoms with E-state index in [4.69, 9.17) is 4.74 Å². The molecule has 0 heterocycles. The van der Waals surface area contributed by atoms with Gasteiger partial charge in [0.15, 0.2) is 0 Å². The molecule has 2 atom stereocenters. The second-order valence-corrected chi connectivity index (χ2v) is 27.8. The fraction of sp³-hybridized carbons (Fsp3) is 0.950. The Labute approximate surface area is 539 Å². The van der Waals surface area contributed by atoms with Crippen LogP contribution in [0.25, 0.3) is 0 Å². The Hall–Kier alpha value is -1.40. The van der Waals surface area contributed by atoms with Crippen molar-refractivity contribution in [2.24, 2.45) is 0 Å². The largest absolute Gasteiger partial charge is 0.466 e. The first-order chi connectivity index (χ1) is 42.5. The van der Waals surface area contributed by atoms with Crippen LogP contribution in [0.3, 0.4) is 0 Å². The maximum absolute atomic E-state index is 12.5. The van der Waals surface area contributed by atoms with E-state index in [9.17, 15) is 19.8 Å². The van der Waals surface area contributed by atoms with E-state index in [1.807, 2.05) is 0 Å². The van der Waals surface area contributed by atoms with Crippen molar-refractivity contribution in [3.05, 3.63) is 12.2 Å². The van der Waals surface area contributed by atoms with Crippen LogP contribution in [0.15, 0.2) is 12.2 Å². The summed E-state index contributed by atoms with van der Waals surface area (Å²) in [5.41, 5.74) is 0. The number of carbonyl (C=O) groups excluding carboxylic acids is 2. The molecule has 0 aliphatic carbocycles. The monoisotopic (exact) mass is 1210 g/mol. The number of rotatable bonds is 76. The first-order valence-electron chi connectivity index (χ1n) is 39.9. The number of hydrogen-bond donors (Lipinski definition) is 3. The summed E-state index contributed by atoms with van der Waals surface area (Å²) in [4.78, 5) is 24.6. The molecule has 0 aliphatic heterocycles. The third-order valence-electron chi connectivity index (χ3n) is 19.1. The van der Waals surface area contributed by atoms with Crippen molar-refractivity contribution < 1.29 is 24.5 Å². The first kappa shape index (κ1) is 84.6. The minimum atomic E-state index is -0.660. The third kappa shape index (κ3) is 71.7. The molecule has 3 N–H and O–H groups in total. The molecule has 0 aromatic carbocycles. The molecule has 0 aliphatic rings. The van der Waals surface area contributed by atoms with Gasteiger partial charge in [0, 0.05) is 12.8 Å². The van der Waals surface area contributed by atoms with E-state index in [0.717, 1.165) is 44.9 Å². The highest BCUT2D eigenvalue weighted by molar-refractivity contribution is 5.76. The van der Waals surface area contributed by atoms with Crippen LogP contribution in [0, 0.1) is 0 Å². The highest BCUT2D eigenvalue weighted by Gasteiger charge is 2.20. The zero-order chi connectivity index (χ0) is 62.0. The van der Waals surface area contributed by atoms with Gasteiger partial charge in [-0.25, -0.2) is 0 Å². The topological polar surface area (TPSA) is 95.9 Å². The van der Waals surface area contributed by atoms with Gasteiger partial charge in [-0.3, -0.25) is 9.59 Å². The van der Waals surface area contributed by atoms with Gasteiger partial charge in [0.25, 0.3) is 0 Å². The van der Waals surface area contributed by atoms with Gasteiger partial charge in [0.1, 0.15) is 0 Å². The van der Waals surface area contributed by atoms with Gasteiger partial charge in [-0.05, 0) is 51.4 Å². The predicted octanol–water partition coefficient (Wildman–Crippen LogP) is 26.3. The summed E-state index contributed by atoms with van der Waals surface area (Å²) in [6.07, 6.45) is 96.1. The number of esters is 1. The number of allylic oxidation sites excluding steroid dienone is 2. The average molecular weight is 1210 g/mol. The summed E-state index contributed by atoms with van der Waals surface area (Å²) in [6.45, 7) is 4.98. The number of carbonyl (C=O) groups is 2. The van der Waals surface area contributed by atoms with Crippen LogP contribution in [-0.4, -0.2) is 47.4 Å². The normalized spacial score (nSPS) is 12.5. The molecule has 0 aromatic heterocycles. The van der Waals surface area contributed by atoms with Crippen molar-refractivity contribution in [2.75, 3.05) is 13.2 Å². The van der Waals surface area contributed by atoms with Crippen molar-refractivity contribution in [1.82, 2.24) is 5.32 Å². The van der Waals surface area contributed by atoms with Gasteiger partial charge < -0.3 is 20.3 Å². The Morgan fingerprint density at radius 3 is 0.849 bits per heavy atom. The smallest absolute Gasteiger partial charge is 0.305 e. The quantitative estimate of drug-likeness (QED) is 0.0320. The summed E-state index contributed by atoms with van der Waals surface area (Å²) < 4.78 is 5.48. The molecule has 1 amide bonds. The number of nitrogens with one attached hydrogen (secondary N) is 1. The molecule has 0 fully saturated rings. The SMILES string of the molecule is CCCCC/C=C\CCCCCCCC(=O)OCCCCCCCCCCCCCCCCCCCCCCCCCCCCCCCCCCCCCCCCCC(=O)NC(CO)C(O)CCCCCCCCCCCCCCCCCCCC. The molecular formula is C80H157NO5. The van der Waals surface area contributed by atoms with E-state index in [0.29, 0.717) is 25.9 Å². The molecule has 86 heavy (non-hydrogen) atoms. The summed E-state index contributed by atoms with van der Waals surface area (Å²) in [7, 11) is 0. The van der Waals surface area contributed by atoms with Crippen LogP contribution in [0.1, 0.15) is 463 Å². The van der Waals surface area contributed by atoms with E-state index in [2.05, 4.69) is 31.3 Å². The summed E-state index contributed by atoms with van der Waals surface area (Å²) >= 11 is 0. The second kappa shape index (κ2) is 76.1. The molecule has 0 saturated carbocycles. The van der Waals surface area contributed by atoms with Crippen molar-refractivity contribution in [2.45, 2.75) is 475 Å². The number of amides is 1. The molecule has 0 radical (unpaired) electrons. The van der Waals surface area contributed by atoms with Gasteiger partial charge in [-0.2, -0.15) is 0 Å². The van der Waals surface area contributed by atoms with E-state index in [-0.39, 0.29) is 18.5 Å². The fourth-order valence-corrected chi connectivity index (χ4v) is 13.0. The summed E-state index contributed by atoms with van der Waals surface area (Å²) in [5, 5.41) is 23.4. The van der Waals surface area contributed by atoms with Crippen LogP contribution in [0.4, 0.5) is 0 Å². The lowest BCUT2D eigenvalue weighted by Crippen LogP contribution is -2.45. The van der Waals surface area contributed by atoms with Gasteiger partial charge in [-0.15, -0.1) is 0 Å².